The molecule has 0 atom stereocenters. The number of unbranched alkanes of at least 4 members (excludes halogenated alkanes) is 4. The Morgan fingerprint density at radius 2 is 1.23 bits per heavy atom. The molecule has 2 aliphatic rings. The monoisotopic (exact) mass is 898 g/mol. The molecule has 0 amide bonds. The van der Waals surface area contributed by atoms with Crippen LogP contribution in [0.3, 0.4) is 0 Å². The molecule has 0 saturated heterocycles. The van der Waals surface area contributed by atoms with Crippen LogP contribution in [0, 0.1) is 0 Å². The van der Waals surface area contributed by atoms with E-state index in [1.807, 2.05) is 0 Å². The SMILES string of the molecule is CCCCCc1ccc(Nc2cc3c(cc2-c2cc(C(c4ccccc4)c4ccccc4)c4c5cc(C(C)(C)C)ccc5n5c4c2[B]c2cc(CCCCC)ccc2-5)C(C)(C)c2ccccc2-3)cc1. The van der Waals surface area contributed by atoms with Crippen LogP contribution in [0.4, 0.5) is 11.4 Å². The number of rotatable bonds is 14. The van der Waals surface area contributed by atoms with Gasteiger partial charge >= 0.3 is 0 Å². The third-order valence-electron chi connectivity index (χ3n) is 15.6. The van der Waals surface area contributed by atoms with Gasteiger partial charge in [-0.25, -0.2) is 0 Å². The van der Waals surface area contributed by atoms with Crippen LogP contribution in [0.2, 0.25) is 0 Å². The molecule has 0 saturated carbocycles. The largest absolute Gasteiger partial charge is 0.355 e. The number of hydrogen-bond donors (Lipinski definition) is 1. The summed E-state index contributed by atoms with van der Waals surface area (Å²) in [5, 5.41) is 6.73. The molecule has 1 aromatic heterocycles. The maximum atomic E-state index is 4.08. The molecule has 69 heavy (non-hydrogen) atoms. The molecular weight excluding hydrogens is 832 g/mol. The first-order valence-electron chi connectivity index (χ1n) is 25.9. The molecule has 0 fully saturated rings. The van der Waals surface area contributed by atoms with Crippen LogP contribution < -0.4 is 16.2 Å². The Bertz CT molecular complexity index is 3310. The van der Waals surface area contributed by atoms with Crippen molar-refractivity contribution in [3.05, 3.63) is 208 Å². The Morgan fingerprint density at radius 3 is 1.91 bits per heavy atom. The molecule has 11 rings (SSSR count). The molecule has 8 aromatic carbocycles. The fraction of sp³-hybridized carbons (Fsp3) is 0.273. The highest BCUT2D eigenvalue weighted by Crippen LogP contribution is 2.53. The van der Waals surface area contributed by atoms with Crippen LogP contribution >= 0.6 is 0 Å². The number of benzene rings is 8. The van der Waals surface area contributed by atoms with E-state index < -0.39 is 0 Å². The number of hydrogen-bond acceptors (Lipinski definition) is 1. The van der Waals surface area contributed by atoms with E-state index in [-0.39, 0.29) is 16.7 Å². The number of anilines is 2. The number of nitrogens with zero attached hydrogens (tertiary/aromatic N) is 1. The molecule has 2 nitrogen and oxygen atoms in total. The molecule has 3 heteroatoms. The van der Waals surface area contributed by atoms with Gasteiger partial charge in [0.05, 0.1) is 5.52 Å². The Morgan fingerprint density at radius 1 is 0.580 bits per heavy atom. The number of nitrogens with one attached hydrogen (secondary N) is 1. The lowest BCUT2D eigenvalue weighted by atomic mass is 9.58. The van der Waals surface area contributed by atoms with Crippen molar-refractivity contribution in [1.29, 1.82) is 0 Å². The third-order valence-corrected chi connectivity index (χ3v) is 15.6. The molecule has 0 bridgehead atoms. The van der Waals surface area contributed by atoms with Crippen molar-refractivity contribution in [2.45, 2.75) is 117 Å². The molecule has 1 radical (unpaired) electrons. The van der Waals surface area contributed by atoms with Crippen molar-refractivity contribution in [2.75, 3.05) is 5.32 Å². The van der Waals surface area contributed by atoms with E-state index in [4.69, 9.17) is 0 Å². The van der Waals surface area contributed by atoms with Crippen LogP contribution in [-0.4, -0.2) is 11.8 Å². The summed E-state index contributed by atoms with van der Waals surface area (Å²) in [6.07, 6.45) is 9.59. The zero-order valence-electron chi connectivity index (χ0n) is 41.8. The highest BCUT2D eigenvalue weighted by Gasteiger charge is 2.38. The maximum absolute atomic E-state index is 4.08. The minimum atomic E-state index is -0.178. The van der Waals surface area contributed by atoms with Gasteiger partial charge in [0, 0.05) is 50.2 Å². The van der Waals surface area contributed by atoms with Gasteiger partial charge < -0.3 is 9.88 Å². The first kappa shape index (κ1) is 44.9. The summed E-state index contributed by atoms with van der Waals surface area (Å²) in [5.74, 6) is -0.0216. The molecule has 9 aromatic rings. The van der Waals surface area contributed by atoms with Crippen LogP contribution in [0.25, 0.3) is 49.7 Å². The Kier molecular flexibility index (Phi) is 11.8. The van der Waals surface area contributed by atoms with Crippen molar-refractivity contribution >= 4 is 51.4 Å². The normalized spacial score (nSPS) is 13.4. The van der Waals surface area contributed by atoms with E-state index in [0.717, 1.165) is 24.2 Å². The minimum absolute atomic E-state index is 0.0216. The standard InChI is InChI=1S/C66H66BN2/c1-8-10-14-22-43-30-34-48(35-31-43)68-58-42-50-49-28-20-21-29-55(49)66(6,7)56(50)41-51(58)52-40-54(61(45-24-16-12-17-25-45)46-26-18-13-19-27-46)62-53-39-47(65(3,4)5)33-37-59(53)69-60-36-32-44(23-15-11-9-2)38-57(60)67-63(52)64(62)69/h12-13,16-21,24-42,61,68H,8-11,14-15,22-23H2,1-7H3. The highest BCUT2D eigenvalue weighted by molar-refractivity contribution is 6.73. The number of fused-ring (bicyclic) bond motifs is 8. The maximum Gasteiger partial charge on any atom is 0.197 e. The van der Waals surface area contributed by atoms with E-state index in [9.17, 15) is 0 Å². The third kappa shape index (κ3) is 8.02. The lowest BCUT2D eigenvalue weighted by molar-refractivity contribution is 0.591. The summed E-state index contributed by atoms with van der Waals surface area (Å²) in [5.41, 5.74) is 24.4. The zero-order valence-corrected chi connectivity index (χ0v) is 41.8. The first-order valence-corrected chi connectivity index (χ1v) is 25.9. The van der Waals surface area contributed by atoms with Crippen LogP contribution in [0.1, 0.15) is 137 Å². The van der Waals surface area contributed by atoms with E-state index in [0.29, 0.717) is 0 Å². The minimum Gasteiger partial charge on any atom is -0.355 e. The van der Waals surface area contributed by atoms with Gasteiger partial charge in [-0.15, -0.1) is 0 Å². The van der Waals surface area contributed by atoms with Gasteiger partial charge in [0.2, 0.25) is 0 Å². The molecule has 0 spiro atoms. The zero-order chi connectivity index (χ0) is 47.4. The van der Waals surface area contributed by atoms with Crippen molar-refractivity contribution in [3.8, 4) is 27.9 Å². The van der Waals surface area contributed by atoms with Gasteiger partial charge in [-0.2, -0.15) is 0 Å². The molecule has 1 N–H and O–H groups in total. The van der Waals surface area contributed by atoms with E-state index >= 15 is 0 Å². The summed E-state index contributed by atoms with van der Waals surface area (Å²) in [6, 6.07) is 63.1. The van der Waals surface area contributed by atoms with Crippen molar-refractivity contribution in [3.63, 3.8) is 0 Å². The molecule has 0 unspecified atom stereocenters. The Hall–Kier alpha value is -6.58. The fourth-order valence-electron chi connectivity index (χ4n) is 11.8. The summed E-state index contributed by atoms with van der Waals surface area (Å²) < 4.78 is 2.63. The molecule has 1 aliphatic carbocycles. The second-order valence-corrected chi connectivity index (χ2v) is 21.6. The lowest BCUT2D eigenvalue weighted by Crippen LogP contribution is -2.38. The van der Waals surface area contributed by atoms with E-state index in [1.165, 1.54) is 144 Å². The van der Waals surface area contributed by atoms with Crippen molar-refractivity contribution in [1.82, 2.24) is 4.57 Å². The molecule has 2 heterocycles. The van der Waals surface area contributed by atoms with E-state index in [2.05, 4.69) is 229 Å². The van der Waals surface area contributed by atoms with Gasteiger partial charge in [-0.1, -0.05) is 195 Å². The van der Waals surface area contributed by atoms with Crippen LogP contribution in [0.15, 0.2) is 164 Å². The van der Waals surface area contributed by atoms with Crippen molar-refractivity contribution < 1.29 is 0 Å². The predicted molar refractivity (Wildman–Crippen MR) is 298 cm³/mol. The van der Waals surface area contributed by atoms with Crippen LogP contribution in [-0.2, 0) is 23.7 Å². The summed E-state index contributed by atoms with van der Waals surface area (Å²) in [6.45, 7) is 16.4. The van der Waals surface area contributed by atoms with Crippen LogP contribution in [0.5, 0.6) is 0 Å². The average Bonchev–Trinajstić information content (AvgIpc) is 3.82. The smallest absolute Gasteiger partial charge is 0.197 e. The van der Waals surface area contributed by atoms with Gasteiger partial charge in [-0.3, -0.25) is 0 Å². The van der Waals surface area contributed by atoms with Gasteiger partial charge in [0.1, 0.15) is 0 Å². The highest BCUT2D eigenvalue weighted by atomic mass is 15.0. The summed E-state index contributed by atoms with van der Waals surface area (Å²) in [7, 11) is 2.55. The van der Waals surface area contributed by atoms with Gasteiger partial charge in [0.15, 0.2) is 7.28 Å². The topological polar surface area (TPSA) is 17.0 Å². The fourth-order valence-corrected chi connectivity index (χ4v) is 11.8. The Labute approximate surface area is 412 Å². The first-order chi connectivity index (χ1) is 33.5. The Balaban J connectivity index is 1.25. The lowest BCUT2D eigenvalue weighted by Gasteiger charge is -2.29. The average molecular weight is 898 g/mol. The quantitative estimate of drug-likeness (QED) is 0.0654. The van der Waals surface area contributed by atoms with Gasteiger partial charge in [-0.05, 0) is 146 Å². The predicted octanol–water partition coefficient (Wildman–Crippen LogP) is 16.4. The van der Waals surface area contributed by atoms with Crippen molar-refractivity contribution in [2.24, 2.45) is 0 Å². The second kappa shape index (κ2) is 18.1. The number of aromatic nitrogens is 1. The molecule has 1 aliphatic heterocycles. The van der Waals surface area contributed by atoms with Gasteiger partial charge in [0.25, 0.3) is 0 Å². The second-order valence-electron chi connectivity index (χ2n) is 21.6. The van der Waals surface area contributed by atoms with E-state index in [1.54, 1.807) is 0 Å². The number of aryl methyl sites for hydroxylation is 2. The molecular formula is C66H66BN2. The molecule has 343 valence electrons. The summed E-state index contributed by atoms with van der Waals surface area (Å²) >= 11 is 0. The summed E-state index contributed by atoms with van der Waals surface area (Å²) in [4.78, 5) is 0.